The van der Waals surface area contributed by atoms with Crippen LogP contribution in [0.2, 0.25) is 5.02 Å². The van der Waals surface area contributed by atoms with Gasteiger partial charge in [-0.3, -0.25) is 0 Å². The van der Waals surface area contributed by atoms with Crippen molar-refractivity contribution in [1.82, 2.24) is 10.2 Å². The van der Waals surface area contributed by atoms with E-state index in [4.69, 9.17) is 11.6 Å². The zero-order valence-corrected chi connectivity index (χ0v) is 11.5. The van der Waals surface area contributed by atoms with E-state index >= 15 is 0 Å². The van der Waals surface area contributed by atoms with E-state index in [-0.39, 0.29) is 10.8 Å². The number of hydrogen-bond donors (Lipinski definition) is 1. The molecule has 0 aliphatic carbocycles. The average molecular weight is 271 g/mol. The van der Waals surface area contributed by atoms with Gasteiger partial charge in [0.15, 0.2) is 0 Å². The number of nitrogens with one attached hydrogen (secondary N) is 1. The minimum Gasteiger partial charge on any atom is -0.317 e. The van der Waals surface area contributed by atoms with Crippen LogP contribution in [0.15, 0.2) is 18.2 Å². The molecule has 1 aliphatic rings. The molecule has 0 aromatic heterocycles. The van der Waals surface area contributed by atoms with Gasteiger partial charge in [-0.2, -0.15) is 0 Å². The Morgan fingerprint density at radius 1 is 1.39 bits per heavy atom. The lowest BCUT2D eigenvalue weighted by molar-refractivity contribution is 0.234. The van der Waals surface area contributed by atoms with Gasteiger partial charge in [0.2, 0.25) is 0 Å². The monoisotopic (exact) mass is 270 g/mol. The highest BCUT2D eigenvalue weighted by molar-refractivity contribution is 6.30. The summed E-state index contributed by atoms with van der Waals surface area (Å²) in [6, 6.07) is 5.05. The Hall–Kier alpha value is -0.640. The van der Waals surface area contributed by atoms with Gasteiger partial charge >= 0.3 is 0 Å². The van der Waals surface area contributed by atoms with Crippen LogP contribution in [0.25, 0.3) is 0 Å². The quantitative estimate of drug-likeness (QED) is 0.905. The maximum absolute atomic E-state index is 13.3. The van der Waals surface area contributed by atoms with E-state index in [9.17, 15) is 4.39 Å². The van der Waals surface area contributed by atoms with Gasteiger partial charge in [-0.1, -0.05) is 17.7 Å². The molecule has 0 saturated carbocycles. The first kappa shape index (κ1) is 13.8. The third kappa shape index (κ3) is 3.94. The van der Waals surface area contributed by atoms with E-state index in [0.717, 1.165) is 37.7 Å². The minimum absolute atomic E-state index is 0.194. The molecule has 0 spiro atoms. The van der Waals surface area contributed by atoms with Gasteiger partial charge in [0.1, 0.15) is 5.82 Å². The predicted octanol–water partition coefficient (Wildman–Crippen LogP) is 2.91. The lowest BCUT2D eigenvalue weighted by atomic mass is 9.97. The minimum atomic E-state index is -0.329. The Balaban J connectivity index is 1.85. The van der Waals surface area contributed by atoms with Crippen molar-refractivity contribution in [3.8, 4) is 0 Å². The molecule has 18 heavy (non-hydrogen) atoms. The molecular weight excluding hydrogens is 251 g/mol. The van der Waals surface area contributed by atoms with Gasteiger partial charge in [-0.15, -0.1) is 0 Å². The molecule has 1 aliphatic heterocycles. The van der Waals surface area contributed by atoms with E-state index < -0.39 is 0 Å². The SMILES string of the molecule is CN(Cc1ccc(Cl)c(F)c1)CC1CCNCC1. The van der Waals surface area contributed by atoms with E-state index in [2.05, 4.69) is 17.3 Å². The number of rotatable bonds is 4. The van der Waals surface area contributed by atoms with Crippen molar-refractivity contribution in [3.63, 3.8) is 0 Å². The Kier molecular flexibility index (Phi) is 4.98. The standard InChI is InChI=1S/C14H20ClFN2/c1-18(9-11-4-6-17-7-5-11)10-12-2-3-13(15)14(16)8-12/h2-3,8,11,17H,4-7,9-10H2,1H3. The fourth-order valence-electron chi connectivity index (χ4n) is 2.52. The Labute approximate surface area is 113 Å². The Morgan fingerprint density at radius 2 is 2.11 bits per heavy atom. The zero-order valence-electron chi connectivity index (χ0n) is 10.8. The highest BCUT2D eigenvalue weighted by Crippen LogP contribution is 2.18. The van der Waals surface area contributed by atoms with Crippen molar-refractivity contribution < 1.29 is 4.39 Å². The van der Waals surface area contributed by atoms with Gasteiger partial charge < -0.3 is 10.2 Å². The van der Waals surface area contributed by atoms with E-state index in [1.807, 2.05) is 6.07 Å². The molecule has 4 heteroatoms. The van der Waals surface area contributed by atoms with Crippen molar-refractivity contribution in [1.29, 1.82) is 0 Å². The van der Waals surface area contributed by atoms with Crippen LogP contribution in [0, 0.1) is 11.7 Å². The number of benzene rings is 1. The predicted molar refractivity (Wildman–Crippen MR) is 73.3 cm³/mol. The summed E-state index contributed by atoms with van der Waals surface area (Å²) in [6.07, 6.45) is 2.47. The lowest BCUT2D eigenvalue weighted by Gasteiger charge is -2.27. The molecule has 0 amide bonds. The van der Waals surface area contributed by atoms with Crippen molar-refractivity contribution in [2.75, 3.05) is 26.7 Å². The molecule has 1 saturated heterocycles. The maximum Gasteiger partial charge on any atom is 0.142 e. The van der Waals surface area contributed by atoms with Crippen LogP contribution < -0.4 is 5.32 Å². The first-order chi connectivity index (χ1) is 8.65. The normalized spacial score (nSPS) is 17.3. The van der Waals surface area contributed by atoms with Crippen LogP contribution in [0.3, 0.4) is 0 Å². The highest BCUT2D eigenvalue weighted by Gasteiger charge is 2.15. The smallest absolute Gasteiger partial charge is 0.142 e. The van der Waals surface area contributed by atoms with Gasteiger partial charge in [0.05, 0.1) is 5.02 Å². The first-order valence-electron chi connectivity index (χ1n) is 6.48. The van der Waals surface area contributed by atoms with Crippen LogP contribution >= 0.6 is 11.6 Å². The van der Waals surface area contributed by atoms with Crippen LogP contribution in [-0.2, 0) is 6.54 Å². The second-order valence-corrected chi connectivity index (χ2v) is 5.55. The second kappa shape index (κ2) is 6.50. The third-order valence-electron chi connectivity index (χ3n) is 3.47. The Bertz CT molecular complexity index is 391. The maximum atomic E-state index is 13.3. The number of halogens is 2. The molecule has 100 valence electrons. The number of nitrogens with zero attached hydrogens (tertiary/aromatic N) is 1. The van der Waals surface area contributed by atoms with Crippen LogP contribution in [0.5, 0.6) is 0 Å². The summed E-state index contributed by atoms with van der Waals surface area (Å²) in [5.41, 5.74) is 0.980. The van der Waals surface area contributed by atoms with Gasteiger partial charge in [0.25, 0.3) is 0 Å². The van der Waals surface area contributed by atoms with Crippen LogP contribution in [0.1, 0.15) is 18.4 Å². The number of piperidine rings is 1. The third-order valence-corrected chi connectivity index (χ3v) is 3.77. The number of hydrogen-bond acceptors (Lipinski definition) is 2. The van der Waals surface area contributed by atoms with Crippen molar-refractivity contribution in [2.45, 2.75) is 19.4 Å². The summed E-state index contributed by atoms with van der Waals surface area (Å²) in [5, 5.41) is 3.56. The average Bonchev–Trinajstić information content (AvgIpc) is 2.35. The summed E-state index contributed by atoms with van der Waals surface area (Å²) >= 11 is 5.68. The van der Waals surface area contributed by atoms with Gasteiger partial charge in [-0.05, 0) is 56.6 Å². The molecule has 1 aromatic rings. The van der Waals surface area contributed by atoms with E-state index in [1.54, 1.807) is 6.07 Å². The van der Waals surface area contributed by atoms with Crippen molar-refractivity contribution in [2.24, 2.45) is 5.92 Å². The lowest BCUT2D eigenvalue weighted by Crippen LogP contribution is -2.34. The molecule has 1 heterocycles. The summed E-state index contributed by atoms with van der Waals surface area (Å²) in [6.45, 7) is 4.09. The summed E-state index contributed by atoms with van der Waals surface area (Å²) in [5.74, 6) is 0.429. The fourth-order valence-corrected chi connectivity index (χ4v) is 2.64. The van der Waals surface area contributed by atoms with E-state index in [1.165, 1.54) is 18.9 Å². The van der Waals surface area contributed by atoms with Crippen molar-refractivity contribution >= 4 is 11.6 Å². The molecule has 0 radical (unpaired) electrons. The largest absolute Gasteiger partial charge is 0.317 e. The first-order valence-corrected chi connectivity index (χ1v) is 6.86. The van der Waals surface area contributed by atoms with E-state index in [0.29, 0.717) is 0 Å². The molecule has 1 fully saturated rings. The molecule has 1 aromatic carbocycles. The van der Waals surface area contributed by atoms with Gasteiger partial charge in [0, 0.05) is 13.1 Å². The van der Waals surface area contributed by atoms with Crippen LogP contribution in [0.4, 0.5) is 4.39 Å². The molecule has 0 atom stereocenters. The summed E-state index contributed by atoms with van der Waals surface area (Å²) in [4.78, 5) is 2.26. The fraction of sp³-hybridized carbons (Fsp3) is 0.571. The second-order valence-electron chi connectivity index (χ2n) is 5.14. The van der Waals surface area contributed by atoms with Crippen LogP contribution in [-0.4, -0.2) is 31.6 Å². The molecule has 1 N–H and O–H groups in total. The summed E-state index contributed by atoms with van der Waals surface area (Å²) < 4.78 is 13.3. The summed E-state index contributed by atoms with van der Waals surface area (Å²) in [7, 11) is 2.09. The van der Waals surface area contributed by atoms with Crippen molar-refractivity contribution in [3.05, 3.63) is 34.6 Å². The Morgan fingerprint density at radius 3 is 2.78 bits per heavy atom. The molecule has 0 bridgehead atoms. The molecule has 2 rings (SSSR count). The molecule has 0 unspecified atom stereocenters. The highest BCUT2D eigenvalue weighted by atomic mass is 35.5. The topological polar surface area (TPSA) is 15.3 Å². The van der Waals surface area contributed by atoms with Gasteiger partial charge in [-0.25, -0.2) is 4.39 Å². The molecular formula is C14H20ClFN2. The zero-order chi connectivity index (χ0) is 13.0. The molecule has 2 nitrogen and oxygen atoms in total.